The number of benzene rings is 2. The first-order valence-electron chi connectivity index (χ1n) is 18.8. The van der Waals surface area contributed by atoms with Gasteiger partial charge in [-0.25, -0.2) is 0 Å². The van der Waals surface area contributed by atoms with Gasteiger partial charge in [-0.1, -0.05) is 79.9 Å². The van der Waals surface area contributed by atoms with E-state index in [1.165, 1.54) is 24.6 Å². The van der Waals surface area contributed by atoms with Gasteiger partial charge >= 0.3 is 0 Å². The number of aliphatic hydroxyl groups is 1. The second kappa shape index (κ2) is 17.6. The summed E-state index contributed by atoms with van der Waals surface area (Å²) in [6, 6.07) is 16.9. The highest BCUT2D eigenvalue weighted by Gasteiger charge is 2.49. The fraction of sp³-hybridized carbons (Fsp3) is 0.600. The van der Waals surface area contributed by atoms with Gasteiger partial charge in [-0.2, -0.15) is 0 Å². The lowest BCUT2D eigenvalue weighted by atomic mass is 9.72. The number of β-amino-alcohol motifs (C(OH)–C–C–N with tert-alkyl or cyclic N) is 1. The van der Waals surface area contributed by atoms with Gasteiger partial charge in [-0.05, 0) is 70.4 Å². The van der Waals surface area contributed by atoms with Crippen molar-refractivity contribution in [2.75, 3.05) is 19.6 Å². The summed E-state index contributed by atoms with van der Waals surface area (Å²) in [6.45, 7) is 11.2. The number of amides is 4. The second-order valence-electron chi connectivity index (χ2n) is 16.3. The molecule has 3 aliphatic rings. The van der Waals surface area contributed by atoms with Gasteiger partial charge in [-0.3, -0.25) is 29.4 Å². The number of piperidine rings is 1. The minimum absolute atomic E-state index is 0.00838. The summed E-state index contributed by atoms with van der Waals surface area (Å²) in [7, 11) is 0. The monoisotopic (exact) mass is 734 g/mol. The highest BCUT2D eigenvalue weighted by molar-refractivity contribution is 8.01. The van der Waals surface area contributed by atoms with Crippen LogP contribution in [0.15, 0.2) is 60.7 Å². The van der Waals surface area contributed by atoms with Crippen molar-refractivity contribution in [3.8, 4) is 0 Å². The van der Waals surface area contributed by atoms with Crippen LogP contribution < -0.4 is 26.6 Å². The van der Waals surface area contributed by atoms with Gasteiger partial charge < -0.3 is 26.4 Å². The van der Waals surface area contributed by atoms with Crippen LogP contribution in [0.25, 0.3) is 0 Å². The van der Waals surface area contributed by atoms with Gasteiger partial charge in [0.1, 0.15) is 12.1 Å². The fourth-order valence-corrected chi connectivity index (χ4v) is 9.31. The van der Waals surface area contributed by atoms with Crippen LogP contribution in [0.2, 0.25) is 0 Å². The summed E-state index contributed by atoms with van der Waals surface area (Å²) < 4.78 is -0.638. The predicted molar refractivity (Wildman–Crippen MR) is 205 cm³/mol. The number of likely N-dealkylation sites (tertiary alicyclic amines) is 1. The molecule has 7 atom stereocenters. The van der Waals surface area contributed by atoms with E-state index >= 15 is 0 Å². The van der Waals surface area contributed by atoms with Gasteiger partial charge in [0.2, 0.25) is 23.6 Å². The van der Waals surface area contributed by atoms with E-state index in [2.05, 4.69) is 31.5 Å². The van der Waals surface area contributed by atoms with E-state index in [1.807, 2.05) is 95.3 Å². The normalized spacial score (nSPS) is 25.6. The summed E-state index contributed by atoms with van der Waals surface area (Å²) in [5.74, 6) is 0.0733. The fourth-order valence-electron chi connectivity index (χ4n) is 7.81. The number of carbonyl (C=O) groups excluding carboxylic acids is 4. The van der Waals surface area contributed by atoms with Crippen LogP contribution in [-0.4, -0.2) is 93.2 Å². The van der Waals surface area contributed by atoms with E-state index in [-0.39, 0.29) is 54.7 Å². The van der Waals surface area contributed by atoms with E-state index < -0.39 is 28.3 Å². The molecule has 3 fully saturated rings. The average Bonchev–Trinajstić information content (AvgIpc) is 3.42. The molecule has 6 N–H and O–H groups in total. The molecule has 0 spiro atoms. The Bertz CT molecular complexity index is 1520. The van der Waals surface area contributed by atoms with Crippen molar-refractivity contribution in [3.05, 3.63) is 71.8 Å². The molecule has 0 bridgehead atoms. The molecule has 0 radical (unpaired) electrons. The van der Waals surface area contributed by atoms with Crippen molar-refractivity contribution in [2.24, 2.45) is 11.8 Å². The van der Waals surface area contributed by atoms with Crippen molar-refractivity contribution in [1.29, 1.82) is 0 Å². The maximum Gasteiger partial charge on any atom is 0.245 e. The van der Waals surface area contributed by atoms with Crippen molar-refractivity contribution in [1.82, 2.24) is 31.5 Å². The van der Waals surface area contributed by atoms with Gasteiger partial charge in [0.05, 0.1) is 23.9 Å². The number of thioether (sulfide) groups is 1. The van der Waals surface area contributed by atoms with Gasteiger partial charge in [0.15, 0.2) is 0 Å². The number of nitrogens with zero attached hydrogens (tertiary/aromatic N) is 1. The zero-order chi connectivity index (χ0) is 37.5. The van der Waals surface area contributed by atoms with E-state index in [0.29, 0.717) is 18.4 Å². The van der Waals surface area contributed by atoms with E-state index in [0.717, 1.165) is 36.9 Å². The van der Waals surface area contributed by atoms with E-state index in [1.54, 1.807) is 0 Å². The highest BCUT2D eigenvalue weighted by Crippen LogP contribution is 2.40. The van der Waals surface area contributed by atoms with Crippen LogP contribution >= 0.6 is 11.8 Å². The standard InChI is InChI=1S/C40H58N6O5S/c1-39(2,3)45-35(49)31-21-28-18-12-13-19-29(28)24-46(31)25-30(47)23-42-37(51)34-40(4,5)52-38(44-34)33(36(50)41-22-27-16-10-7-11-17-27)43-32(48)20-26-14-8-6-9-15-26/h6-11,14-17,28-31,33-34,38,44,47H,12-13,18-25H2,1-5H3,(H,41,50)(H,42,51)(H,43,48)(H,45,49)/t28-,29+,30+,31-,33?,34-,38+/m0/s1. The first kappa shape index (κ1) is 39.8. The summed E-state index contributed by atoms with van der Waals surface area (Å²) in [5, 5.41) is 26.0. The lowest BCUT2D eigenvalue weighted by Crippen LogP contribution is -2.60. The number of hydrogen-bond donors (Lipinski definition) is 6. The molecule has 2 heterocycles. The SMILES string of the molecule is CC(C)(C)NC(=O)[C@@H]1C[C@@H]2CCCC[C@@H]2CN1C[C@H](O)CNC(=O)[C@@H]1N[C@@H](C(NC(=O)Cc2ccccc2)C(=O)NCc2ccccc2)SC1(C)C. The van der Waals surface area contributed by atoms with Gasteiger partial charge in [0, 0.05) is 36.5 Å². The maximum absolute atomic E-state index is 13.7. The maximum atomic E-state index is 13.7. The molecule has 2 saturated heterocycles. The summed E-state index contributed by atoms with van der Waals surface area (Å²) in [4.78, 5) is 56.2. The quantitative estimate of drug-likeness (QED) is 0.184. The van der Waals surface area contributed by atoms with Gasteiger partial charge in [-0.15, -0.1) is 11.8 Å². The molecule has 2 aromatic carbocycles. The highest BCUT2D eigenvalue weighted by atomic mass is 32.2. The Balaban J connectivity index is 1.21. The Hall–Kier alpha value is -3.45. The molecular formula is C40H58N6O5S. The molecule has 5 rings (SSSR count). The van der Waals surface area contributed by atoms with E-state index in [4.69, 9.17) is 0 Å². The minimum atomic E-state index is -0.952. The number of nitrogens with one attached hydrogen (secondary N) is 5. The zero-order valence-electron chi connectivity index (χ0n) is 31.3. The Kier molecular flexibility index (Phi) is 13.4. The molecule has 1 saturated carbocycles. The summed E-state index contributed by atoms with van der Waals surface area (Å²) in [5.41, 5.74) is 1.40. The molecule has 0 aromatic heterocycles. The Morgan fingerprint density at radius 2 is 1.56 bits per heavy atom. The number of rotatable bonds is 13. The first-order chi connectivity index (χ1) is 24.7. The first-order valence-corrected chi connectivity index (χ1v) is 19.7. The topological polar surface area (TPSA) is 152 Å². The van der Waals surface area contributed by atoms with Crippen molar-refractivity contribution >= 4 is 35.4 Å². The second-order valence-corrected chi connectivity index (χ2v) is 18.1. The molecule has 11 nitrogen and oxygen atoms in total. The largest absolute Gasteiger partial charge is 0.390 e. The van der Waals surface area contributed by atoms with Crippen LogP contribution in [0.1, 0.15) is 77.8 Å². The molecular weight excluding hydrogens is 677 g/mol. The molecule has 1 aliphatic carbocycles. The lowest BCUT2D eigenvalue weighted by Gasteiger charge is -2.46. The minimum Gasteiger partial charge on any atom is -0.390 e. The Morgan fingerprint density at radius 3 is 2.21 bits per heavy atom. The molecule has 12 heteroatoms. The Morgan fingerprint density at radius 1 is 0.923 bits per heavy atom. The smallest absolute Gasteiger partial charge is 0.245 e. The number of hydrogen-bond acceptors (Lipinski definition) is 8. The zero-order valence-corrected chi connectivity index (χ0v) is 32.1. The van der Waals surface area contributed by atoms with Crippen LogP contribution in [0.3, 0.4) is 0 Å². The molecule has 4 amide bonds. The molecule has 52 heavy (non-hydrogen) atoms. The number of fused-ring (bicyclic) bond motifs is 1. The summed E-state index contributed by atoms with van der Waals surface area (Å²) in [6.07, 6.45) is 4.70. The van der Waals surface area contributed by atoms with Gasteiger partial charge in [0.25, 0.3) is 0 Å². The van der Waals surface area contributed by atoms with Crippen LogP contribution in [0, 0.1) is 11.8 Å². The molecule has 284 valence electrons. The molecule has 2 aliphatic heterocycles. The third-order valence-corrected chi connectivity index (χ3v) is 11.9. The van der Waals surface area contributed by atoms with Crippen LogP contribution in [-0.2, 0) is 32.1 Å². The van der Waals surface area contributed by atoms with Crippen LogP contribution in [0.4, 0.5) is 0 Å². The molecule has 1 unspecified atom stereocenters. The Labute approximate surface area is 313 Å². The summed E-state index contributed by atoms with van der Waals surface area (Å²) >= 11 is 1.43. The molecule has 2 aromatic rings. The predicted octanol–water partition coefficient (Wildman–Crippen LogP) is 3.11. The lowest BCUT2D eigenvalue weighted by molar-refractivity contribution is -0.133. The average molecular weight is 735 g/mol. The number of carbonyl (C=O) groups is 4. The van der Waals surface area contributed by atoms with Crippen molar-refractivity contribution in [3.63, 3.8) is 0 Å². The van der Waals surface area contributed by atoms with E-state index in [9.17, 15) is 24.3 Å². The third-order valence-electron chi connectivity index (χ3n) is 10.4. The number of aliphatic hydroxyl groups excluding tert-OH is 1. The third kappa shape index (κ3) is 11.0. The van der Waals surface area contributed by atoms with Crippen molar-refractivity contribution in [2.45, 2.75) is 120 Å². The van der Waals surface area contributed by atoms with Crippen molar-refractivity contribution < 1.29 is 24.3 Å². The van der Waals surface area contributed by atoms with Crippen LogP contribution in [0.5, 0.6) is 0 Å².